The van der Waals surface area contributed by atoms with Crippen molar-refractivity contribution in [2.75, 3.05) is 11.9 Å². The van der Waals surface area contributed by atoms with E-state index in [-0.39, 0.29) is 29.8 Å². The predicted octanol–water partition coefficient (Wildman–Crippen LogP) is 4.37. The van der Waals surface area contributed by atoms with E-state index in [9.17, 15) is 4.39 Å². The molecule has 0 spiro atoms. The zero-order valence-corrected chi connectivity index (χ0v) is 15.2. The molecule has 3 N–H and O–H groups in total. The highest BCUT2D eigenvalue weighted by Gasteiger charge is 2.06. The van der Waals surface area contributed by atoms with Crippen molar-refractivity contribution in [1.82, 2.24) is 0 Å². The fourth-order valence-electron chi connectivity index (χ4n) is 1.97. The van der Waals surface area contributed by atoms with Crippen LogP contribution in [0.5, 0.6) is 0 Å². The molecular weight excluding hydrogens is 416 g/mol. The number of hydrogen-bond donors (Lipinski definition) is 2. The maximum atomic E-state index is 13.6. The lowest BCUT2D eigenvalue weighted by Gasteiger charge is -2.07. The summed E-state index contributed by atoms with van der Waals surface area (Å²) in [6.45, 7) is 2.37. The van der Waals surface area contributed by atoms with Crippen LogP contribution in [0.3, 0.4) is 0 Å². The number of aliphatic imine (C=N–C) groups is 1. The molecule has 3 nitrogen and oxygen atoms in total. The normalized spacial score (nSPS) is 11.0. The fraction of sp³-hybridized carbons (Fsp3) is 0.188. The van der Waals surface area contributed by atoms with Crippen molar-refractivity contribution < 1.29 is 4.39 Å². The van der Waals surface area contributed by atoms with Crippen molar-refractivity contribution in [2.24, 2.45) is 10.7 Å². The van der Waals surface area contributed by atoms with Crippen LogP contribution in [0, 0.1) is 12.7 Å². The second kappa shape index (κ2) is 8.95. The highest BCUT2D eigenvalue weighted by atomic mass is 127. The van der Waals surface area contributed by atoms with E-state index in [1.807, 2.05) is 31.2 Å². The van der Waals surface area contributed by atoms with Gasteiger partial charge in [0, 0.05) is 22.8 Å². The van der Waals surface area contributed by atoms with Crippen molar-refractivity contribution in [3.05, 3.63) is 64.4 Å². The van der Waals surface area contributed by atoms with Crippen LogP contribution in [-0.4, -0.2) is 12.5 Å². The molecule has 118 valence electrons. The maximum absolute atomic E-state index is 13.6. The summed E-state index contributed by atoms with van der Waals surface area (Å²) >= 11 is 5.96. The first-order valence-corrected chi connectivity index (χ1v) is 7.00. The summed E-state index contributed by atoms with van der Waals surface area (Å²) in [5, 5.41) is 3.41. The van der Waals surface area contributed by atoms with E-state index in [4.69, 9.17) is 17.3 Å². The SMILES string of the molecule is Cc1cccc(NC(N)=NCCc2c(F)cccc2Cl)c1.I. The van der Waals surface area contributed by atoms with Gasteiger partial charge in [-0.15, -0.1) is 24.0 Å². The van der Waals surface area contributed by atoms with Crippen molar-refractivity contribution in [3.63, 3.8) is 0 Å². The van der Waals surface area contributed by atoms with Crippen LogP contribution >= 0.6 is 35.6 Å². The van der Waals surface area contributed by atoms with E-state index in [2.05, 4.69) is 10.3 Å². The lowest BCUT2D eigenvalue weighted by atomic mass is 10.1. The number of aryl methyl sites for hydroxylation is 1. The molecule has 0 fully saturated rings. The van der Waals surface area contributed by atoms with Gasteiger partial charge in [0.2, 0.25) is 0 Å². The number of anilines is 1. The molecule has 0 bridgehead atoms. The monoisotopic (exact) mass is 433 g/mol. The number of hydrogen-bond acceptors (Lipinski definition) is 1. The van der Waals surface area contributed by atoms with Crippen LogP contribution in [0.1, 0.15) is 11.1 Å². The lowest BCUT2D eigenvalue weighted by molar-refractivity contribution is 0.610. The third-order valence-electron chi connectivity index (χ3n) is 3.00. The number of nitrogens with zero attached hydrogens (tertiary/aromatic N) is 1. The Kier molecular flexibility index (Phi) is 7.61. The first-order valence-electron chi connectivity index (χ1n) is 6.63. The Hall–Kier alpha value is -1.34. The molecular formula is C16H18ClFIN3. The Morgan fingerprint density at radius 1 is 1.27 bits per heavy atom. The first kappa shape index (κ1) is 18.7. The first-order chi connectivity index (χ1) is 10.1. The largest absolute Gasteiger partial charge is 0.370 e. The summed E-state index contributed by atoms with van der Waals surface area (Å²) in [7, 11) is 0. The molecule has 0 saturated carbocycles. The standard InChI is InChI=1S/C16H17ClFN3.HI/c1-11-4-2-5-12(10-11)21-16(19)20-9-8-13-14(17)6-3-7-15(13)18;/h2-7,10H,8-9H2,1H3,(H3,19,20,21);1H. The topological polar surface area (TPSA) is 50.4 Å². The Labute approximate surface area is 151 Å². The van der Waals surface area contributed by atoms with Crippen LogP contribution < -0.4 is 11.1 Å². The fourth-order valence-corrected chi connectivity index (χ4v) is 2.23. The molecule has 0 heterocycles. The van der Waals surface area contributed by atoms with E-state index >= 15 is 0 Å². The van der Waals surface area contributed by atoms with Gasteiger partial charge >= 0.3 is 0 Å². The highest BCUT2D eigenvalue weighted by Crippen LogP contribution is 2.19. The molecule has 2 aromatic carbocycles. The van der Waals surface area contributed by atoms with Gasteiger partial charge in [0.25, 0.3) is 0 Å². The third kappa shape index (κ3) is 5.46. The Morgan fingerprint density at radius 3 is 2.68 bits per heavy atom. The molecule has 2 rings (SSSR count). The van der Waals surface area contributed by atoms with Crippen LogP contribution in [0.15, 0.2) is 47.5 Å². The van der Waals surface area contributed by atoms with Crippen molar-refractivity contribution in [3.8, 4) is 0 Å². The van der Waals surface area contributed by atoms with Gasteiger partial charge in [0.1, 0.15) is 5.82 Å². The number of benzene rings is 2. The van der Waals surface area contributed by atoms with Gasteiger partial charge in [0.15, 0.2) is 5.96 Å². The van der Waals surface area contributed by atoms with E-state index in [1.54, 1.807) is 12.1 Å². The minimum absolute atomic E-state index is 0. The zero-order chi connectivity index (χ0) is 15.2. The molecule has 0 amide bonds. The molecule has 0 radical (unpaired) electrons. The van der Waals surface area contributed by atoms with Crippen LogP contribution in [0.2, 0.25) is 5.02 Å². The molecule has 0 aliphatic carbocycles. The average molecular weight is 434 g/mol. The minimum Gasteiger partial charge on any atom is -0.370 e. The number of halogens is 3. The second-order valence-corrected chi connectivity index (χ2v) is 5.12. The highest BCUT2D eigenvalue weighted by molar-refractivity contribution is 14.0. The molecule has 6 heteroatoms. The quantitative estimate of drug-likeness (QED) is 0.427. The second-order valence-electron chi connectivity index (χ2n) is 4.71. The smallest absolute Gasteiger partial charge is 0.193 e. The predicted molar refractivity (Wildman–Crippen MR) is 102 cm³/mol. The molecule has 0 aliphatic heterocycles. The summed E-state index contributed by atoms with van der Waals surface area (Å²) < 4.78 is 13.6. The van der Waals surface area contributed by atoms with E-state index < -0.39 is 0 Å². The third-order valence-corrected chi connectivity index (χ3v) is 3.35. The van der Waals surface area contributed by atoms with Gasteiger partial charge in [-0.1, -0.05) is 29.8 Å². The number of guanidine groups is 1. The summed E-state index contributed by atoms with van der Waals surface area (Å²) in [5.41, 5.74) is 8.28. The zero-order valence-electron chi connectivity index (χ0n) is 12.1. The van der Waals surface area contributed by atoms with E-state index in [0.717, 1.165) is 11.3 Å². The van der Waals surface area contributed by atoms with Crippen LogP contribution in [0.25, 0.3) is 0 Å². The summed E-state index contributed by atoms with van der Waals surface area (Å²) in [6, 6.07) is 12.4. The van der Waals surface area contributed by atoms with Crippen molar-refractivity contribution >= 4 is 47.2 Å². The molecule has 22 heavy (non-hydrogen) atoms. The molecule has 0 unspecified atom stereocenters. The Morgan fingerprint density at radius 2 is 2.00 bits per heavy atom. The summed E-state index contributed by atoms with van der Waals surface area (Å²) in [4.78, 5) is 4.18. The van der Waals surface area contributed by atoms with Gasteiger partial charge < -0.3 is 11.1 Å². The Balaban J connectivity index is 0.00000242. The van der Waals surface area contributed by atoms with Crippen molar-refractivity contribution in [2.45, 2.75) is 13.3 Å². The lowest BCUT2D eigenvalue weighted by Crippen LogP contribution is -2.23. The number of nitrogens with two attached hydrogens (primary N) is 1. The van der Waals surface area contributed by atoms with E-state index in [0.29, 0.717) is 29.5 Å². The summed E-state index contributed by atoms with van der Waals surface area (Å²) in [5.74, 6) is -0.0176. The van der Waals surface area contributed by atoms with Crippen LogP contribution in [0.4, 0.5) is 10.1 Å². The van der Waals surface area contributed by atoms with Gasteiger partial charge in [-0.25, -0.2) is 4.39 Å². The molecule has 2 aromatic rings. The minimum atomic E-state index is -0.317. The molecule has 0 saturated heterocycles. The molecule has 0 atom stereocenters. The van der Waals surface area contributed by atoms with E-state index in [1.165, 1.54) is 6.07 Å². The van der Waals surface area contributed by atoms with Crippen LogP contribution in [-0.2, 0) is 6.42 Å². The van der Waals surface area contributed by atoms with Gasteiger partial charge in [0.05, 0.1) is 0 Å². The van der Waals surface area contributed by atoms with Gasteiger partial charge in [-0.05, 0) is 43.2 Å². The molecule has 0 aliphatic rings. The summed E-state index contributed by atoms with van der Waals surface area (Å²) in [6.07, 6.45) is 0.404. The Bertz CT molecular complexity index is 641. The van der Waals surface area contributed by atoms with Crippen molar-refractivity contribution in [1.29, 1.82) is 0 Å². The maximum Gasteiger partial charge on any atom is 0.193 e. The van der Waals surface area contributed by atoms with Gasteiger partial charge in [-0.2, -0.15) is 0 Å². The average Bonchev–Trinajstić information content (AvgIpc) is 2.42. The number of rotatable bonds is 4. The van der Waals surface area contributed by atoms with Gasteiger partial charge in [-0.3, -0.25) is 4.99 Å². The molecule has 0 aromatic heterocycles. The number of nitrogens with one attached hydrogen (secondary N) is 1.